The minimum atomic E-state index is -3.51. The minimum absolute atomic E-state index is 0.308. The maximum atomic E-state index is 12.7. The summed E-state index contributed by atoms with van der Waals surface area (Å²) in [5, 5.41) is 2.93. The first-order valence-corrected chi connectivity index (χ1v) is 7.84. The monoisotopic (exact) mass is 292 g/mol. The van der Waals surface area contributed by atoms with Gasteiger partial charge in [-0.15, -0.1) is 0 Å². The van der Waals surface area contributed by atoms with Crippen LogP contribution in [0, 0.1) is 0 Å². The number of nitrogens with zero attached hydrogens (tertiary/aromatic N) is 3. The number of aromatic nitrogens is 2. The molecule has 0 saturated heterocycles. The Hall–Kier alpha value is -1.86. The van der Waals surface area contributed by atoms with E-state index in [0.717, 1.165) is 5.82 Å². The van der Waals surface area contributed by atoms with Gasteiger partial charge in [0.25, 0.3) is 0 Å². The molecule has 106 valence electrons. The molecule has 0 amide bonds. The van der Waals surface area contributed by atoms with Gasteiger partial charge >= 0.3 is 0 Å². The molecule has 1 aromatic heterocycles. The van der Waals surface area contributed by atoms with Crippen molar-refractivity contribution < 1.29 is 8.42 Å². The first-order valence-electron chi connectivity index (χ1n) is 6.40. The Morgan fingerprint density at radius 3 is 2.85 bits per heavy atom. The Morgan fingerprint density at radius 2 is 2.05 bits per heavy atom. The number of fused-ring (bicyclic) bond motifs is 1. The summed E-state index contributed by atoms with van der Waals surface area (Å²) >= 11 is 0. The molecular formula is C13H16N4O2S. The highest BCUT2D eigenvalue weighted by Crippen LogP contribution is 2.26. The fraction of sp³-hybridized carbons (Fsp3) is 0.308. The van der Waals surface area contributed by atoms with Crippen molar-refractivity contribution in [1.82, 2.24) is 13.9 Å². The van der Waals surface area contributed by atoms with Gasteiger partial charge in [-0.05, 0) is 12.1 Å². The molecule has 0 spiro atoms. The molecule has 0 bridgehead atoms. The Balaban J connectivity index is 1.97. The van der Waals surface area contributed by atoms with Crippen LogP contribution in [-0.4, -0.2) is 35.9 Å². The second-order valence-corrected chi connectivity index (χ2v) is 6.53. The van der Waals surface area contributed by atoms with E-state index in [1.165, 1.54) is 4.31 Å². The maximum absolute atomic E-state index is 12.7. The van der Waals surface area contributed by atoms with Crippen LogP contribution in [-0.2, 0) is 23.1 Å². The average molecular weight is 292 g/mol. The number of nitrogens with one attached hydrogen (secondary N) is 1. The van der Waals surface area contributed by atoms with Crippen molar-refractivity contribution in [2.24, 2.45) is 0 Å². The van der Waals surface area contributed by atoms with E-state index in [4.69, 9.17) is 0 Å². The van der Waals surface area contributed by atoms with Crippen LogP contribution >= 0.6 is 0 Å². The van der Waals surface area contributed by atoms with Gasteiger partial charge in [-0.2, -0.15) is 4.31 Å². The predicted molar refractivity (Wildman–Crippen MR) is 75.8 cm³/mol. The second-order valence-electron chi connectivity index (χ2n) is 4.62. The smallest absolute Gasteiger partial charge is 0.245 e. The summed E-state index contributed by atoms with van der Waals surface area (Å²) < 4.78 is 29.0. The minimum Gasteiger partial charge on any atom is -0.387 e. The lowest BCUT2D eigenvalue weighted by Gasteiger charge is -2.27. The summed E-state index contributed by atoms with van der Waals surface area (Å²) in [6.07, 6.45) is 3.58. The molecule has 0 unspecified atom stereocenters. The van der Waals surface area contributed by atoms with E-state index in [2.05, 4.69) is 10.3 Å². The highest BCUT2D eigenvalue weighted by Gasteiger charge is 2.30. The van der Waals surface area contributed by atoms with Gasteiger partial charge < -0.3 is 9.88 Å². The first-order chi connectivity index (χ1) is 9.63. The summed E-state index contributed by atoms with van der Waals surface area (Å²) in [6, 6.07) is 6.94. The van der Waals surface area contributed by atoms with Gasteiger partial charge in [0.15, 0.2) is 0 Å². The average Bonchev–Trinajstić information content (AvgIpc) is 2.94. The van der Waals surface area contributed by atoms with Crippen LogP contribution < -0.4 is 5.32 Å². The quantitative estimate of drug-likeness (QED) is 0.921. The number of sulfonamides is 1. The number of rotatable bonds is 3. The van der Waals surface area contributed by atoms with Crippen LogP contribution in [0.2, 0.25) is 0 Å². The van der Waals surface area contributed by atoms with E-state index < -0.39 is 10.0 Å². The van der Waals surface area contributed by atoms with E-state index in [9.17, 15) is 8.42 Å². The Bertz CT molecular complexity index is 723. The van der Waals surface area contributed by atoms with Gasteiger partial charge in [0.2, 0.25) is 10.0 Å². The SMILES string of the molecule is CNc1ccccc1S(=O)(=O)N1CCn2ccnc2C1. The molecule has 1 N–H and O–H groups in total. The molecule has 3 rings (SSSR count). The van der Waals surface area contributed by atoms with Crippen molar-refractivity contribution in [3.63, 3.8) is 0 Å². The molecule has 1 aliphatic rings. The number of hydrogen-bond acceptors (Lipinski definition) is 4. The van der Waals surface area contributed by atoms with E-state index in [1.807, 2.05) is 16.8 Å². The summed E-state index contributed by atoms with van der Waals surface area (Å²) in [5.74, 6) is 0.779. The molecule has 1 aromatic carbocycles. The van der Waals surface area contributed by atoms with Crippen LogP contribution in [0.3, 0.4) is 0 Å². The van der Waals surface area contributed by atoms with E-state index in [0.29, 0.717) is 30.2 Å². The molecule has 20 heavy (non-hydrogen) atoms. The largest absolute Gasteiger partial charge is 0.387 e. The van der Waals surface area contributed by atoms with Crippen molar-refractivity contribution in [3.8, 4) is 0 Å². The third-order valence-electron chi connectivity index (χ3n) is 3.48. The molecule has 0 fully saturated rings. The molecule has 7 heteroatoms. The van der Waals surface area contributed by atoms with Gasteiger partial charge in [-0.25, -0.2) is 13.4 Å². The molecule has 0 radical (unpaired) electrons. The van der Waals surface area contributed by atoms with Crippen LogP contribution in [0.5, 0.6) is 0 Å². The highest BCUT2D eigenvalue weighted by molar-refractivity contribution is 7.89. The molecule has 0 saturated carbocycles. The standard InChI is InChI=1S/C13H16N4O2S/c1-14-11-4-2-3-5-12(11)20(18,19)17-9-8-16-7-6-15-13(16)10-17/h2-7,14H,8-10H2,1H3. The normalized spacial score (nSPS) is 15.8. The molecule has 6 nitrogen and oxygen atoms in total. The van der Waals surface area contributed by atoms with Gasteiger partial charge in [0, 0.05) is 32.5 Å². The van der Waals surface area contributed by atoms with Crippen molar-refractivity contribution >= 4 is 15.7 Å². The van der Waals surface area contributed by atoms with Gasteiger partial charge in [0.1, 0.15) is 10.7 Å². The Kier molecular flexibility index (Phi) is 3.23. The molecule has 0 aliphatic carbocycles. The van der Waals surface area contributed by atoms with E-state index in [-0.39, 0.29) is 0 Å². The number of para-hydroxylation sites is 1. The third kappa shape index (κ3) is 2.08. The molecule has 2 aromatic rings. The fourth-order valence-electron chi connectivity index (χ4n) is 2.39. The summed E-state index contributed by atoms with van der Waals surface area (Å²) in [7, 11) is -1.79. The highest BCUT2D eigenvalue weighted by atomic mass is 32.2. The van der Waals surface area contributed by atoms with Crippen molar-refractivity contribution in [2.75, 3.05) is 18.9 Å². The summed E-state index contributed by atoms with van der Waals surface area (Å²) in [4.78, 5) is 4.51. The topological polar surface area (TPSA) is 67.2 Å². The molecule has 0 atom stereocenters. The van der Waals surface area contributed by atoms with E-state index in [1.54, 1.807) is 31.4 Å². The zero-order valence-electron chi connectivity index (χ0n) is 11.2. The van der Waals surface area contributed by atoms with Crippen LogP contribution in [0.1, 0.15) is 5.82 Å². The van der Waals surface area contributed by atoms with Crippen LogP contribution in [0.4, 0.5) is 5.69 Å². The number of imidazole rings is 1. The third-order valence-corrected chi connectivity index (χ3v) is 5.39. The lowest BCUT2D eigenvalue weighted by atomic mass is 10.3. The number of hydrogen-bond donors (Lipinski definition) is 1. The number of anilines is 1. The van der Waals surface area contributed by atoms with E-state index >= 15 is 0 Å². The van der Waals surface area contributed by atoms with Crippen molar-refractivity contribution in [3.05, 3.63) is 42.5 Å². The number of benzene rings is 1. The Labute approximate surface area is 118 Å². The van der Waals surface area contributed by atoms with Crippen molar-refractivity contribution in [2.45, 2.75) is 18.0 Å². The lowest BCUT2D eigenvalue weighted by molar-refractivity contribution is 0.335. The van der Waals surface area contributed by atoms with Gasteiger partial charge in [0.05, 0.1) is 12.2 Å². The molecule has 1 aliphatic heterocycles. The zero-order chi connectivity index (χ0) is 14.2. The second kappa shape index (κ2) is 4.92. The zero-order valence-corrected chi connectivity index (χ0v) is 12.0. The summed E-state index contributed by atoms with van der Waals surface area (Å²) in [5.41, 5.74) is 0.612. The fourth-order valence-corrected chi connectivity index (χ4v) is 3.98. The predicted octanol–water partition coefficient (Wildman–Crippen LogP) is 1.13. The summed E-state index contributed by atoms with van der Waals surface area (Å²) in [6.45, 7) is 1.41. The molecule has 2 heterocycles. The first kappa shape index (κ1) is 13.1. The van der Waals surface area contributed by atoms with Gasteiger partial charge in [-0.1, -0.05) is 12.1 Å². The lowest BCUT2D eigenvalue weighted by Crippen LogP contribution is -2.38. The van der Waals surface area contributed by atoms with Gasteiger partial charge in [-0.3, -0.25) is 0 Å². The van der Waals surface area contributed by atoms with Crippen molar-refractivity contribution in [1.29, 1.82) is 0 Å². The maximum Gasteiger partial charge on any atom is 0.245 e. The Morgan fingerprint density at radius 1 is 1.25 bits per heavy atom. The van der Waals surface area contributed by atoms with Crippen LogP contribution in [0.15, 0.2) is 41.6 Å². The van der Waals surface area contributed by atoms with Crippen LogP contribution in [0.25, 0.3) is 0 Å². The molecular weight excluding hydrogens is 276 g/mol.